The molecule has 1 aliphatic rings. The number of hydrogen-bond acceptors (Lipinski definition) is 1. The number of hydrogen-bond donors (Lipinski definition) is 1. The molecule has 2 aromatic rings. The molecule has 21 heavy (non-hydrogen) atoms. The highest BCUT2D eigenvalue weighted by atomic mass is 19.1. The van der Waals surface area contributed by atoms with E-state index in [4.69, 9.17) is 5.73 Å². The molecule has 110 valence electrons. The van der Waals surface area contributed by atoms with Gasteiger partial charge in [0.2, 0.25) is 0 Å². The first-order valence-electron chi connectivity index (χ1n) is 7.71. The second-order valence-electron chi connectivity index (χ2n) is 6.27. The van der Waals surface area contributed by atoms with Gasteiger partial charge in [0.15, 0.2) is 0 Å². The van der Waals surface area contributed by atoms with Crippen LogP contribution in [0.2, 0.25) is 0 Å². The van der Waals surface area contributed by atoms with Crippen LogP contribution in [-0.4, -0.2) is 0 Å². The highest BCUT2D eigenvalue weighted by molar-refractivity contribution is 5.36. The third-order valence-corrected chi connectivity index (χ3v) is 4.74. The van der Waals surface area contributed by atoms with Gasteiger partial charge in [-0.25, -0.2) is 4.39 Å². The Morgan fingerprint density at radius 2 is 1.86 bits per heavy atom. The molecule has 1 saturated carbocycles. The van der Waals surface area contributed by atoms with Crippen LogP contribution in [0.4, 0.5) is 4.39 Å². The molecule has 2 atom stereocenters. The molecular formula is C19H22FN. The second kappa shape index (κ2) is 5.61. The van der Waals surface area contributed by atoms with Gasteiger partial charge in [-0.3, -0.25) is 0 Å². The fourth-order valence-corrected chi connectivity index (χ4v) is 3.70. The lowest BCUT2D eigenvalue weighted by molar-refractivity contribution is 0.254. The second-order valence-corrected chi connectivity index (χ2v) is 6.27. The number of aryl methyl sites for hydroxylation is 1. The first-order valence-corrected chi connectivity index (χ1v) is 7.71. The molecule has 1 fully saturated rings. The minimum absolute atomic E-state index is 0.188. The van der Waals surface area contributed by atoms with Gasteiger partial charge in [0.05, 0.1) is 0 Å². The summed E-state index contributed by atoms with van der Waals surface area (Å²) in [5.74, 6) is 0.0702. The maximum absolute atomic E-state index is 13.8. The summed E-state index contributed by atoms with van der Waals surface area (Å²) in [4.78, 5) is 0. The quantitative estimate of drug-likeness (QED) is 0.853. The Labute approximate surface area is 126 Å². The van der Waals surface area contributed by atoms with Crippen LogP contribution < -0.4 is 5.73 Å². The first-order chi connectivity index (χ1) is 10.1. The third kappa shape index (κ3) is 2.73. The largest absolute Gasteiger partial charge is 0.321 e. The standard InChI is InChI=1S/C19H22FN/c1-14-11-16(13-17(20)12-14)19(21)10-6-5-9-18(19)15-7-3-2-4-8-15/h2-4,7-8,11-13,18H,5-6,9-10,21H2,1H3. The lowest BCUT2D eigenvalue weighted by Gasteiger charge is -2.42. The van der Waals surface area contributed by atoms with Crippen molar-refractivity contribution in [3.63, 3.8) is 0 Å². The molecular weight excluding hydrogens is 261 g/mol. The zero-order valence-electron chi connectivity index (χ0n) is 12.5. The van der Waals surface area contributed by atoms with Crippen molar-refractivity contribution < 1.29 is 4.39 Å². The molecule has 1 aliphatic carbocycles. The smallest absolute Gasteiger partial charge is 0.123 e. The Hall–Kier alpha value is -1.67. The molecule has 0 aromatic heterocycles. The summed E-state index contributed by atoms with van der Waals surface area (Å²) < 4.78 is 13.8. The summed E-state index contributed by atoms with van der Waals surface area (Å²) in [5, 5.41) is 0. The molecule has 0 bridgehead atoms. The van der Waals surface area contributed by atoms with Gasteiger partial charge in [0.25, 0.3) is 0 Å². The SMILES string of the molecule is Cc1cc(F)cc(C2(N)CCCCC2c2ccccc2)c1. The normalized spacial score (nSPS) is 25.8. The maximum Gasteiger partial charge on any atom is 0.123 e. The van der Waals surface area contributed by atoms with E-state index < -0.39 is 5.54 Å². The van der Waals surface area contributed by atoms with Crippen LogP contribution in [0, 0.1) is 12.7 Å². The summed E-state index contributed by atoms with van der Waals surface area (Å²) in [6.45, 7) is 1.93. The molecule has 2 aromatic carbocycles. The van der Waals surface area contributed by atoms with Crippen LogP contribution in [0.15, 0.2) is 48.5 Å². The van der Waals surface area contributed by atoms with E-state index >= 15 is 0 Å². The summed E-state index contributed by atoms with van der Waals surface area (Å²) in [6, 6.07) is 15.7. The Kier molecular flexibility index (Phi) is 3.81. The van der Waals surface area contributed by atoms with Crippen molar-refractivity contribution in [3.05, 3.63) is 71.0 Å². The summed E-state index contributed by atoms with van der Waals surface area (Å²) in [5.41, 5.74) is 9.50. The van der Waals surface area contributed by atoms with Crippen LogP contribution in [0.3, 0.4) is 0 Å². The summed E-state index contributed by atoms with van der Waals surface area (Å²) in [7, 11) is 0. The van der Waals surface area contributed by atoms with Gasteiger partial charge < -0.3 is 5.73 Å². The van der Waals surface area contributed by atoms with E-state index in [2.05, 4.69) is 24.3 Å². The molecule has 0 heterocycles. The van der Waals surface area contributed by atoms with E-state index in [1.807, 2.05) is 19.1 Å². The average Bonchev–Trinajstić information content (AvgIpc) is 2.47. The minimum Gasteiger partial charge on any atom is -0.321 e. The molecule has 0 spiro atoms. The van der Waals surface area contributed by atoms with Crippen molar-refractivity contribution in [2.24, 2.45) is 5.73 Å². The lowest BCUT2D eigenvalue weighted by Crippen LogP contribution is -2.45. The lowest BCUT2D eigenvalue weighted by atomic mass is 9.66. The zero-order valence-corrected chi connectivity index (χ0v) is 12.5. The van der Waals surface area contributed by atoms with Gasteiger partial charge in [-0.2, -0.15) is 0 Å². The maximum atomic E-state index is 13.8. The molecule has 0 saturated heterocycles. The van der Waals surface area contributed by atoms with Gasteiger partial charge in [-0.1, -0.05) is 49.2 Å². The van der Waals surface area contributed by atoms with E-state index in [0.717, 1.165) is 30.4 Å². The van der Waals surface area contributed by atoms with Crippen LogP contribution in [0.1, 0.15) is 48.3 Å². The highest BCUT2D eigenvalue weighted by Crippen LogP contribution is 2.45. The van der Waals surface area contributed by atoms with Crippen LogP contribution in [0.5, 0.6) is 0 Å². The van der Waals surface area contributed by atoms with Gasteiger partial charge in [0.1, 0.15) is 5.82 Å². The molecule has 2 heteroatoms. The topological polar surface area (TPSA) is 26.0 Å². The minimum atomic E-state index is -0.466. The van der Waals surface area contributed by atoms with Crippen LogP contribution >= 0.6 is 0 Å². The molecule has 0 radical (unpaired) electrons. The van der Waals surface area contributed by atoms with E-state index in [-0.39, 0.29) is 11.7 Å². The fourth-order valence-electron chi connectivity index (χ4n) is 3.70. The molecule has 0 aliphatic heterocycles. The Balaban J connectivity index is 2.06. The highest BCUT2D eigenvalue weighted by Gasteiger charge is 2.39. The van der Waals surface area contributed by atoms with Crippen LogP contribution in [0.25, 0.3) is 0 Å². The van der Waals surface area contributed by atoms with Gasteiger partial charge >= 0.3 is 0 Å². The zero-order chi connectivity index (χ0) is 14.9. The summed E-state index contributed by atoms with van der Waals surface area (Å²) in [6.07, 6.45) is 4.27. The van der Waals surface area contributed by atoms with Gasteiger partial charge in [-0.05, 0) is 48.6 Å². The predicted octanol–water partition coefficient (Wildman–Crippen LogP) is 4.65. The van der Waals surface area contributed by atoms with E-state index in [0.29, 0.717) is 0 Å². The average molecular weight is 283 g/mol. The van der Waals surface area contributed by atoms with Crippen molar-refractivity contribution in [1.29, 1.82) is 0 Å². The molecule has 0 amide bonds. The summed E-state index contributed by atoms with van der Waals surface area (Å²) >= 11 is 0. The van der Waals surface area contributed by atoms with E-state index in [1.54, 1.807) is 12.1 Å². The predicted molar refractivity (Wildman–Crippen MR) is 84.7 cm³/mol. The molecule has 2 unspecified atom stereocenters. The van der Waals surface area contributed by atoms with Crippen LogP contribution in [-0.2, 0) is 5.54 Å². The Morgan fingerprint density at radius 1 is 1.10 bits per heavy atom. The van der Waals surface area contributed by atoms with Crippen molar-refractivity contribution in [2.75, 3.05) is 0 Å². The van der Waals surface area contributed by atoms with Crippen molar-refractivity contribution in [3.8, 4) is 0 Å². The van der Waals surface area contributed by atoms with Crippen molar-refractivity contribution in [2.45, 2.75) is 44.1 Å². The molecule has 3 rings (SSSR count). The van der Waals surface area contributed by atoms with Gasteiger partial charge in [-0.15, -0.1) is 0 Å². The molecule has 2 N–H and O–H groups in total. The van der Waals surface area contributed by atoms with E-state index in [9.17, 15) is 4.39 Å². The van der Waals surface area contributed by atoms with E-state index in [1.165, 1.54) is 12.0 Å². The number of rotatable bonds is 2. The number of halogens is 1. The van der Waals surface area contributed by atoms with Gasteiger partial charge in [0, 0.05) is 11.5 Å². The third-order valence-electron chi connectivity index (χ3n) is 4.74. The first kappa shape index (κ1) is 14.3. The number of nitrogens with two attached hydrogens (primary N) is 1. The monoisotopic (exact) mass is 283 g/mol. The number of benzene rings is 2. The Morgan fingerprint density at radius 3 is 2.57 bits per heavy atom. The Bertz CT molecular complexity index is 602. The van der Waals surface area contributed by atoms with Crippen molar-refractivity contribution in [1.82, 2.24) is 0 Å². The van der Waals surface area contributed by atoms with Crippen molar-refractivity contribution >= 4 is 0 Å². The fraction of sp³-hybridized carbons (Fsp3) is 0.368. The molecule has 1 nitrogen and oxygen atoms in total.